The number of nitrogens with one attached hydrogen (secondary N) is 1. The van der Waals surface area contributed by atoms with Crippen LogP contribution in [0.1, 0.15) is 21.6 Å². The first-order valence-electron chi connectivity index (χ1n) is 7.29. The van der Waals surface area contributed by atoms with Crippen LogP contribution in [0.2, 0.25) is 0 Å². The van der Waals surface area contributed by atoms with E-state index in [4.69, 9.17) is 4.52 Å². The summed E-state index contributed by atoms with van der Waals surface area (Å²) in [6.07, 6.45) is 0. The number of nitrogens with zero attached hydrogens (tertiary/aromatic N) is 1. The van der Waals surface area contributed by atoms with Crippen LogP contribution < -0.4 is 5.32 Å². The second-order valence-electron chi connectivity index (χ2n) is 5.30. The summed E-state index contributed by atoms with van der Waals surface area (Å²) in [6.45, 7) is 1.99. The Hall–Kier alpha value is -3.02. The van der Waals surface area contributed by atoms with E-state index in [1.807, 2.05) is 19.1 Å². The Kier molecular flexibility index (Phi) is 4.37. The molecule has 0 aliphatic rings. The molecule has 0 spiro atoms. The molecular weight excluding hydrogens is 314 g/mol. The van der Waals surface area contributed by atoms with Gasteiger partial charge in [-0.2, -0.15) is 0 Å². The normalized spacial score (nSPS) is 10.6. The maximum absolute atomic E-state index is 13.7. The zero-order chi connectivity index (χ0) is 17.1. The number of halogens is 2. The predicted octanol–water partition coefficient (Wildman–Crippen LogP) is 3.86. The van der Waals surface area contributed by atoms with E-state index in [9.17, 15) is 13.6 Å². The van der Waals surface area contributed by atoms with E-state index in [1.54, 1.807) is 12.1 Å². The highest BCUT2D eigenvalue weighted by atomic mass is 19.1. The van der Waals surface area contributed by atoms with Crippen molar-refractivity contribution in [2.24, 2.45) is 0 Å². The molecule has 0 fully saturated rings. The Balaban J connectivity index is 1.70. The summed E-state index contributed by atoms with van der Waals surface area (Å²) < 4.78 is 31.7. The molecule has 4 nitrogen and oxygen atoms in total. The third-order valence-electron chi connectivity index (χ3n) is 3.58. The summed E-state index contributed by atoms with van der Waals surface area (Å²) in [7, 11) is 0. The quantitative estimate of drug-likeness (QED) is 0.791. The van der Waals surface area contributed by atoms with Crippen molar-refractivity contribution >= 4 is 5.91 Å². The summed E-state index contributed by atoms with van der Waals surface area (Å²) in [4.78, 5) is 12.1. The summed E-state index contributed by atoms with van der Waals surface area (Å²) in [5.74, 6) is -1.46. The van der Waals surface area contributed by atoms with Gasteiger partial charge >= 0.3 is 0 Å². The minimum atomic E-state index is -0.735. The second kappa shape index (κ2) is 6.62. The average molecular weight is 328 g/mol. The number of hydrogen-bond donors (Lipinski definition) is 1. The molecule has 0 aliphatic heterocycles. The summed E-state index contributed by atoms with van der Waals surface area (Å²) in [5.41, 5.74) is 1.99. The molecule has 1 aromatic heterocycles. The molecule has 1 N–H and O–H groups in total. The minimum absolute atomic E-state index is 0.111. The van der Waals surface area contributed by atoms with Gasteiger partial charge in [-0.3, -0.25) is 4.79 Å². The van der Waals surface area contributed by atoms with Gasteiger partial charge in [0.1, 0.15) is 17.3 Å². The van der Waals surface area contributed by atoms with Crippen LogP contribution in [0.4, 0.5) is 8.78 Å². The molecular formula is C18H14F2N2O2. The third-order valence-corrected chi connectivity index (χ3v) is 3.58. The van der Waals surface area contributed by atoms with Crippen molar-refractivity contribution in [3.63, 3.8) is 0 Å². The van der Waals surface area contributed by atoms with E-state index < -0.39 is 11.6 Å². The lowest BCUT2D eigenvalue weighted by Crippen LogP contribution is -2.23. The van der Waals surface area contributed by atoms with Crippen LogP contribution in [0.3, 0.4) is 0 Å². The number of carbonyl (C=O) groups is 1. The predicted molar refractivity (Wildman–Crippen MR) is 84.2 cm³/mol. The molecule has 0 saturated heterocycles. The Bertz CT molecular complexity index is 890. The van der Waals surface area contributed by atoms with E-state index in [2.05, 4.69) is 10.5 Å². The molecule has 24 heavy (non-hydrogen) atoms. The van der Waals surface area contributed by atoms with Gasteiger partial charge in [0.05, 0.1) is 12.1 Å². The van der Waals surface area contributed by atoms with Crippen LogP contribution >= 0.6 is 0 Å². The number of aromatic nitrogens is 1. The van der Waals surface area contributed by atoms with Crippen molar-refractivity contribution in [1.29, 1.82) is 0 Å². The largest absolute Gasteiger partial charge is 0.356 e. The molecule has 1 amide bonds. The molecule has 3 aromatic rings. The third kappa shape index (κ3) is 3.32. The van der Waals surface area contributed by atoms with Crippen LogP contribution in [0.25, 0.3) is 11.3 Å². The molecule has 1 heterocycles. The Labute approximate surface area is 137 Å². The van der Waals surface area contributed by atoms with Crippen LogP contribution in [0.15, 0.2) is 53.1 Å². The fourth-order valence-corrected chi connectivity index (χ4v) is 2.31. The van der Waals surface area contributed by atoms with Crippen LogP contribution in [0.5, 0.6) is 0 Å². The van der Waals surface area contributed by atoms with Crippen LogP contribution in [-0.2, 0) is 6.54 Å². The molecule has 0 saturated carbocycles. The van der Waals surface area contributed by atoms with Gasteiger partial charge in [0.25, 0.3) is 5.91 Å². The first kappa shape index (κ1) is 15.9. The highest BCUT2D eigenvalue weighted by Gasteiger charge is 2.13. The van der Waals surface area contributed by atoms with Crippen molar-refractivity contribution in [2.75, 3.05) is 0 Å². The van der Waals surface area contributed by atoms with E-state index in [0.717, 1.165) is 17.7 Å². The standard InChI is InChI=1S/C18H14F2N2O2/c1-11-4-2-3-5-14(11)18(23)21-10-13-9-17(24-22-13)15-7-6-12(19)8-16(15)20/h2-9H,10H2,1H3,(H,21,23). The number of amides is 1. The van der Waals surface area contributed by atoms with E-state index in [1.165, 1.54) is 12.1 Å². The Morgan fingerprint density at radius 3 is 2.71 bits per heavy atom. The Morgan fingerprint density at radius 2 is 1.96 bits per heavy atom. The summed E-state index contributed by atoms with van der Waals surface area (Å²) >= 11 is 0. The lowest BCUT2D eigenvalue weighted by atomic mass is 10.1. The Morgan fingerprint density at radius 1 is 1.17 bits per heavy atom. The molecule has 2 aromatic carbocycles. The fourth-order valence-electron chi connectivity index (χ4n) is 2.31. The maximum atomic E-state index is 13.7. The van der Waals surface area contributed by atoms with Crippen molar-refractivity contribution in [3.05, 3.63) is 77.0 Å². The van der Waals surface area contributed by atoms with Gasteiger partial charge in [-0.15, -0.1) is 0 Å². The molecule has 0 radical (unpaired) electrons. The number of carbonyl (C=O) groups excluding carboxylic acids is 1. The van der Waals surface area contributed by atoms with E-state index >= 15 is 0 Å². The smallest absolute Gasteiger partial charge is 0.251 e. The highest BCUT2D eigenvalue weighted by molar-refractivity contribution is 5.95. The zero-order valence-electron chi connectivity index (χ0n) is 12.8. The van der Waals surface area contributed by atoms with Gasteiger partial charge in [-0.1, -0.05) is 23.4 Å². The molecule has 3 rings (SSSR count). The molecule has 6 heteroatoms. The minimum Gasteiger partial charge on any atom is -0.356 e. The fraction of sp³-hybridized carbons (Fsp3) is 0.111. The lowest BCUT2D eigenvalue weighted by molar-refractivity contribution is 0.0949. The van der Waals surface area contributed by atoms with Gasteiger partial charge in [0.2, 0.25) is 0 Å². The van der Waals surface area contributed by atoms with Gasteiger partial charge in [-0.05, 0) is 30.7 Å². The lowest BCUT2D eigenvalue weighted by Gasteiger charge is -2.05. The average Bonchev–Trinajstić information content (AvgIpc) is 3.01. The van der Waals surface area contributed by atoms with Crippen molar-refractivity contribution in [3.8, 4) is 11.3 Å². The number of rotatable bonds is 4. The van der Waals surface area contributed by atoms with Gasteiger partial charge in [0, 0.05) is 17.7 Å². The first-order valence-corrected chi connectivity index (χ1v) is 7.29. The van der Waals surface area contributed by atoms with Crippen LogP contribution in [0, 0.1) is 18.6 Å². The molecule has 0 aliphatic carbocycles. The molecule has 0 bridgehead atoms. The zero-order valence-corrected chi connectivity index (χ0v) is 12.8. The topological polar surface area (TPSA) is 55.1 Å². The van der Waals surface area contributed by atoms with E-state index in [-0.39, 0.29) is 23.8 Å². The molecule has 122 valence electrons. The van der Waals surface area contributed by atoms with Crippen molar-refractivity contribution in [2.45, 2.75) is 13.5 Å². The van der Waals surface area contributed by atoms with Crippen molar-refractivity contribution < 1.29 is 18.1 Å². The molecule has 0 atom stereocenters. The second-order valence-corrected chi connectivity index (χ2v) is 5.30. The van der Waals surface area contributed by atoms with Crippen molar-refractivity contribution in [1.82, 2.24) is 10.5 Å². The monoisotopic (exact) mass is 328 g/mol. The van der Waals surface area contributed by atoms with Gasteiger partial charge in [0.15, 0.2) is 5.76 Å². The SMILES string of the molecule is Cc1ccccc1C(=O)NCc1cc(-c2ccc(F)cc2F)on1. The first-order chi connectivity index (χ1) is 11.5. The maximum Gasteiger partial charge on any atom is 0.251 e. The summed E-state index contributed by atoms with van der Waals surface area (Å²) in [6, 6.07) is 11.9. The number of aryl methyl sites for hydroxylation is 1. The molecule has 0 unspecified atom stereocenters. The van der Waals surface area contributed by atoms with Gasteiger partial charge in [-0.25, -0.2) is 8.78 Å². The van der Waals surface area contributed by atoms with Gasteiger partial charge < -0.3 is 9.84 Å². The number of benzene rings is 2. The van der Waals surface area contributed by atoms with Crippen LogP contribution in [-0.4, -0.2) is 11.1 Å². The number of hydrogen-bond acceptors (Lipinski definition) is 3. The van der Waals surface area contributed by atoms with E-state index in [0.29, 0.717) is 11.3 Å². The summed E-state index contributed by atoms with van der Waals surface area (Å²) in [5, 5.41) is 6.52. The highest BCUT2D eigenvalue weighted by Crippen LogP contribution is 2.24.